The van der Waals surface area contributed by atoms with E-state index < -0.39 is 0 Å². The summed E-state index contributed by atoms with van der Waals surface area (Å²) >= 11 is 5.45. The summed E-state index contributed by atoms with van der Waals surface area (Å²) in [6.07, 6.45) is 3.07. The summed E-state index contributed by atoms with van der Waals surface area (Å²) < 4.78 is 12.7. The molecule has 0 spiro atoms. The summed E-state index contributed by atoms with van der Waals surface area (Å²) in [6, 6.07) is 4.18. The minimum atomic E-state index is 0.253. The molecule has 0 radical (unpaired) electrons. The van der Waals surface area contributed by atoms with Crippen LogP contribution < -0.4 is 14.8 Å². The molecule has 0 unspecified atom stereocenters. The van der Waals surface area contributed by atoms with Crippen LogP contribution in [0.2, 0.25) is 0 Å². The van der Waals surface area contributed by atoms with Crippen molar-refractivity contribution in [3.05, 3.63) is 22.2 Å². The number of rotatable bonds is 5. The quantitative estimate of drug-likeness (QED) is 0.864. The highest BCUT2D eigenvalue weighted by molar-refractivity contribution is 9.10. The van der Waals surface area contributed by atoms with Crippen molar-refractivity contribution >= 4 is 27.7 Å². The average molecular weight is 360 g/mol. The van der Waals surface area contributed by atoms with Gasteiger partial charge in [-0.3, -0.25) is 0 Å². The third-order valence-electron chi connectivity index (χ3n) is 3.29. The Morgan fingerprint density at radius 1 is 1.30 bits per heavy atom. The van der Waals surface area contributed by atoms with Crippen LogP contribution in [0.3, 0.4) is 0 Å². The van der Waals surface area contributed by atoms with Gasteiger partial charge in [-0.2, -0.15) is 11.8 Å². The van der Waals surface area contributed by atoms with Gasteiger partial charge >= 0.3 is 0 Å². The van der Waals surface area contributed by atoms with E-state index in [0.717, 1.165) is 42.1 Å². The van der Waals surface area contributed by atoms with Crippen molar-refractivity contribution in [2.45, 2.75) is 31.6 Å². The van der Waals surface area contributed by atoms with Crippen LogP contribution in [-0.2, 0) is 6.54 Å². The van der Waals surface area contributed by atoms with Gasteiger partial charge in [0.1, 0.15) is 0 Å². The van der Waals surface area contributed by atoms with Crippen molar-refractivity contribution in [3.63, 3.8) is 0 Å². The summed E-state index contributed by atoms with van der Waals surface area (Å²) in [7, 11) is 0. The Morgan fingerprint density at radius 2 is 2.05 bits per heavy atom. The maximum Gasteiger partial charge on any atom is 0.175 e. The number of nitrogens with one attached hydrogen (secondary N) is 1. The predicted molar refractivity (Wildman–Crippen MR) is 89.0 cm³/mol. The molecule has 2 rings (SSSR count). The van der Waals surface area contributed by atoms with Gasteiger partial charge in [0.15, 0.2) is 11.5 Å². The van der Waals surface area contributed by atoms with Crippen LogP contribution in [0.25, 0.3) is 0 Å². The lowest BCUT2D eigenvalue weighted by Gasteiger charge is -2.22. The number of halogens is 1. The third-order valence-corrected chi connectivity index (χ3v) is 5.13. The molecule has 1 aliphatic rings. The van der Waals surface area contributed by atoms with Crippen molar-refractivity contribution in [2.24, 2.45) is 0 Å². The monoisotopic (exact) mass is 359 g/mol. The molecule has 0 bridgehead atoms. The van der Waals surface area contributed by atoms with Gasteiger partial charge in [-0.05, 0) is 53.7 Å². The summed E-state index contributed by atoms with van der Waals surface area (Å²) in [6.45, 7) is 7.73. The van der Waals surface area contributed by atoms with Crippen LogP contribution in [0, 0.1) is 0 Å². The molecule has 0 aliphatic carbocycles. The zero-order valence-corrected chi connectivity index (χ0v) is 14.7. The fourth-order valence-electron chi connectivity index (χ4n) is 1.97. The molecule has 0 fully saturated rings. The highest BCUT2D eigenvalue weighted by Crippen LogP contribution is 2.38. The Hall–Kier alpha value is -0.390. The van der Waals surface area contributed by atoms with E-state index in [2.05, 4.69) is 53.5 Å². The van der Waals surface area contributed by atoms with Crippen molar-refractivity contribution in [1.29, 1.82) is 0 Å². The highest BCUT2D eigenvalue weighted by atomic mass is 79.9. The fourth-order valence-corrected chi connectivity index (χ4v) is 2.82. The lowest BCUT2D eigenvalue weighted by Crippen LogP contribution is -2.31. The lowest BCUT2D eigenvalue weighted by atomic mass is 10.1. The second-order valence-electron chi connectivity index (χ2n) is 5.52. The van der Waals surface area contributed by atoms with Gasteiger partial charge in [-0.1, -0.05) is 0 Å². The maximum absolute atomic E-state index is 5.75. The van der Waals surface area contributed by atoms with Crippen molar-refractivity contribution < 1.29 is 9.47 Å². The van der Waals surface area contributed by atoms with Crippen LogP contribution >= 0.6 is 27.7 Å². The molecule has 20 heavy (non-hydrogen) atoms. The van der Waals surface area contributed by atoms with Crippen LogP contribution in [0.5, 0.6) is 11.5 Å². The summed E-state index contributed by atoms with van der Waals surface area (Å²) in [5.41, 5.74) is 1.21. The van der Waals surface area contributed by atoms with E-state index in [-0.39, 0.29) is 4.75 Å². The molecule has 112 valence electrons. The summed E-state index contributed by atoms with van der Waals surface area (Å²) in [5.74, 6) is 1.67. The minimum absolute atomic E-state index is 0.253. The van der Waals surface area contributed by atoms with E-state index >= 15 is 0 Å². The number of hydrogen-bond acceptors (Lipinski definition) is 4. The van der Waals surface area contributed by atoms with Gasteiger partial charge in [0.25, 0.3) is 0 Å². The van der Waals surface area contributed by atoms with Crippen LogP contribution in [0.4, 0.5) is 0 Å². The van der Waals surface area contributed by atoms with Crippen molar-refractivity contribution in [2.75, 3.05) is 26.0 Å². The van der Waals surface area contributed by atoms with Crippen molar-refractivity contribution in [1.82, 2.24) is 5.32 Å². The molecule has 1 aromatic rings. The second kappa shape index (κ2) is 7.05. The third kappa shape index (κ3) is 4.30. The average Bonchev–Trinajstić information content (AvgIpc) is 2.64. The topological polar surface area (TPSA) is 30.5 Å². The molecule has 5 heteroatoms. The maximum atomic E-state index is 5.75. The Morgan fingerprint density at radius 3 is 2.80 bits per heavy atom. The molecule has 1 heterocycles. The van der Waals surface area contributed by atoms with Crippen LogP contribution in [-0.4, -0.2) is 30.8 Å². The first-order valence-corrected chi connectivity index (χ1v) is 8.87. The Labute approximate surface area is 133 Å². The second-order valence-corrected chi connectivity index (χ2v) is 7.89. The Bertz CT molecular complexity index is 465. The van der Waals surface area contributed by atoms with Gasteiger partial charge in [-0.25, -0.2) is 0 Å². The normalized spacial score (nSPS) is 15.0. The van der Waals surface area contributed by atoms with E-state index in [9.17, 15) is 0 Å². The first kappa shape index (κ1) is 16.0. The first-order chi connectivity index (χ1) is 9.52. The van der Waals surface area contributed by atoms with E-state index in [1.54, 1.807) is 0 Å². The number of ether oxygens (including phenoxy) is 2. The molecule has 0 saturated heterocycles. The fraction of sp³-hybridized carbons (Fsp3) is 0.600. The van der Waals surface area contributed by atoms with Gasteiger partial charge in [-0.15, -0.1) is 0 Å². The number of fused-ring (bicyclic) bond motifs is 1. The molecule has 0 amide bonds. The lowest BCUT2D eigenvalue weighted by molar-refractivity contribution is 0.296. The molecule has 3 nitrogen and oxygen atoms in total. The molecule has 0 saturated carbocycles. The predicted octanol–water partition coefficient (Wildman–Crippen LogP) is 3.84. The molecule has 1 aliphatic heterocycles. The van der Waals surface area contributed by atoms with E-state index in [1.165, 1.54) is 5.56 Å². The van der Waals surface area contributed by atoms with E-state index in [1.807, 2.05) is 11.8 Å². The molecule has 1 N–H and O–H groups in total. The van der Waals surface area contributed by atoms with Crippen molar-refractivity contribution in [3.8, 4) is 11.5 Å². The standard InChI is InChI=1S/C15H22BrNO2S/c1-15(2,20-3)10-17-9-11-7-12(16)14-13(8-11)18-5-4-6-19-14/h7-8,17H,4-6,9-10H2,1-3H3. The van der Waals surface area contributed by atoms with Crippen LogP contribution in [0.1, 0.15) is 25.8 Å². The molecule has 0 aromatic heterocycles. The minimum Gasteiger partial charge on any atom is -0.490 e. The SMILES string of the molecule is CSC(C)(C)CNCc1cc(Br)c2c(c1)OCCCO2. The van der Waals surface area contributed by atoms with Gasteiger partial charge in [0, 0.05) is 24.3 Å². The zero-order valence-electron chi connectivity index (χ0n) is 12.3. The Balaban J connectivity index is 2.02. The largest absolute Gasteiger partial charge is 0.490 e. The number of hydrogen-bond donors (Lipinski definition) is 1. The van der Waals surface area contributed by atoms with Gasteiger partial charge < -0.3 is 14.8 Å². The molecular formula is C15H22BrNO2S. The van der Waals surface area contributed by atoms with Crippen LogP contribution in [0.15, 0.2) is 16.6 Å². The van der Waals surface area contributed by atoms with E-state index in [4.69, 9.17) is 9.47 Å². The van der Waals surface area contributed by atoms with Gasteiger partial charge in [0.05, 0.1) is 17.7 Å². The smallest absolute Gasteiger partial charge is 0.175 e. The van der Waals surface area contributed by atoms with E-state index in [0.29, 0.717) is 6.61 Å². The number of benzene rings is 1. The van der Waals surface area contributed by atoms with Gasteiger partial charge in [0.2, 0.25) is 0 Å². The Kier molecular flexibility index (Phi) is 5.64. The molecule has 0 atom stereocenters. The number of thioether (sulfide) groups is 1. The highest BCUT2D eigenvalue weighted by Gasteiger charge is 2.17. The summed E-state index contributed by atoms with van der Waals surface area (Å²) in [4.78, 5) is 0. The zero-order chi connectivity index (χ0) is 14.6. The first-order valence-electron chi connectivity index (χ1n) is 6.86. The molecule has 1 aromatic carbocycles. The summed E-state index contributed by atoms with van der Waals surface area (Å²) in [5, 5.41) is 3.50. The molecular weight excluding hydrogens is 338 g/mol.